The molecule has 0 unspecified atom stereocenters. The zero-order valence-electron chi connectivity index (χ0n) is 15.0. The Bertz CT molecular complexity index is 833. The number of thiophene rings is 1. The minimum atomic E-state index is -0.197. The molecule has 2 aromatic rings. The summed E-state index contributed by atoms with van der Waals surface area (Å²) in [5, 5.41) is 3.76. The molecule has 2 heterocycles. The third kappa shape index (κ3) is 4.64. The van der Waals surface area contributed by atoms with Gasteiger partial charge in [0.2, 0.25) is 5.91 Å². The summed E-state index contributed by atoms with van der Waals surface area (Å²) in [6.07, 6.45) is 4.91. The summed E-state index contributed by atoms with van der Waals surface area (Å²) in [6, 6.07) is 0. The number of carbonyl (C=O) groups excluding carboxylic acids is 1. The average molecular weight is 380 g/mol. The van der Waals surface area contributed by atoms with E-state index in [1.54, 1.807) is 23.1 Å². The Kier molecular flexibility index (Phi) is 5.53. The van der Waals surface area contributed by atoms with Crippen LogP contribution in [0.2, 0.25) is 0 Å². The van der Waals surface area contributed by atoms with Gasteiger partial charge in [0.15, 0.2) is 0 Å². The topological polar surface area (TPSA) is 74.8 Å². The van der Waals surface area contributed by atoms with Crippen molar-refractivity contribution in [1.82, 2.24) is 15.3 Å². The van der Waals surface area contributed by atoms with Crippen LogP contribution < -0.4 is 10.9 Å². The second kappa shape index (κ2) is 7.50. The zero-order chi connectivity index (χ0) is 18.0. The van der Waals surface area contributed by atoms with Gasteiger partial charge in [0.25, 0.3) is 5.56 Å². The Balaban J connectivity index is 1.61. The molecule has 0 spiro atoms. The van der Waals surface area contributed by atoms with Crippen molar-refractivity contribution < 1.29 is 4.79 Å². The minimum Gasteiger partial charge on any atom is -0.351 e. The summed E-state index contributed by atoms with van der Waals surface area (Å²) >= 11 is 3.30. The average Bonchev–Trinajstić information content (AvgIpc) is 2.88. The predicted octanol–water partition coefficient (Wildman–Crippen LogP) is 3.40. The molecular formula is C18H25N3O2S2. The number of carbonyl (C=O) groups is 1. The number of nitrogens with one attached hydrogen (secondary N) is 2. The van der Waals surface area contributed by atoms with Crippen LogP contribution in [0.4, 0.5) is 0 Å². The molecule has 0 saturated heterocycles. The standard InChI is InChI=1S/C18H25N3O2S2/c1-18(2,3)21-14(22)8-9-24-10-13-19-16(23)15-11-6-4-5-7-12(11)25-17(15)20-13/h4-10H2,1-3H3,(H,21,22)(H,19,20,23). The maximum atomic E-state index is 12.5. The summed E-state index contributed by atoms with van der Waals surface area (Å²) in [7, 11) is 0. The summed E-state index contributed by atoms with van der Waals surface area (Å²) < 4.78 is 0. The molecule has 0 atom stereocenters. The van der Waals surface area contributed by atoms with Gasteiger partial charge in [-0.1, -0.05) is 0 Å². The maximum Gasteiger partial charge on any atom is 0.259 e. The smallest absolute Gasteiger partial charge is 0.259 e. The van der Waals surface area contributed by atoms with Crippen molar-refractivity contribution in [2.75, 3.05) is 5.75 Å². The molecule has 1 amide bonds. The van der Waals surface area contributed by atoms with Crippen molar-refractivity contribution in [1.29, 1.82) is 0 Å². The number of hydrogen-bond donors (Lipinski definition) is 2. The van der Waals surface area contributed by atoms with Crippen LogP contribution in [0.1, 0.15) is 56.3 Å². The van der Waals surface area contributed by atoms with Crippen LogP contribution in [-0.4, -0.2) is 27.2 Å². The van der Waals surface area contributed by atoms with Gasteiger partial charge < -0.3 is 10.3 Å². The van der Waals surface area contributed by atoms with Crippen LogP contribution in [0, 0.1) is 0 Å². The fourth-order valence-corrected chi connectivity index (χ4v) is 5.18. The van der Waals surface area contributed by atoms with Gasteiger partial charge in [-0.2, -0.15) is 11.8 Å². The summed E-state index contributed by atoms with van der Waals surface area (Å²) in [5.41, 5.74) is 1.02. The van der Waals surface area contributed by atoms with E-state index < -0.39 is 0 Å². The first kappa shape index (κ1) is 18.5. The number of fused-ring (bicyclic) bond motifs is 3. The lowest BCUT2D eigenvalue weighted by Crippen LogP contribution is -2.40. The van der Waals surface area contributed by atoms with Crippen LogP contribution in [0.3, 0.4) is 0 Å². The van der Waals surface area contributed by atoms with Gasteiger partial charge in [-0.25, -0.2) is 4.98 Å². The van der Waals surface area contributed by atoms with Gasteiger partial charge >= 0.3 is 0 Å². The van der Waals surface area contributed by atoms with E-state index in [0.29, 0.717) is 23.8 Å². The molecule has 0 saturated carbocycles. The molecule has 0 aromatic carbocycles. The quantitative estimate of drug-likeness (QED) is 0.781. The van der Waals surface area contributed by atoms with E-state index in [4.69, 9.17) is 0 Å². The molecule has 2 N–H and O–H groups in total. The van der Waals surface area contributed by atoms with E-state index >= 15 is 0 Å². The van der Waals surface area contributed by atoms with Gasteiger partial charge in [-0.3, -0.25) is 9.59 Å². The lowest BCUT2D eigenvalue weighted by molar-refractivity contribution is -0.122. The van der Waals surface area contributed by atoms with E-state index in [2.05, 4.69) is 15.3 Å². The third-order valence-electron chi connectivity index (χ3n) is 4.10. The molecule has 25 heavy (non-hydrogen) atoms. The first-order valence-electron chi connectivity index (χ1n) is 8.76. The van der Waals surface area contributed by atoms with Crippen LogP contribution >= 0.6 is 23.1 Å². The Morgan fingerprint density at radius 2 is 2.08 bits per heavy atom. The number of aromatic nitrogens is 2. The Morgan fingerprint density at radius 3 is 2.84 bits per heavy atom. The largest absolute Gasteiger partial charge is 0.351 e. The van der Waals surface area contributed by atoms with Gasteiger partial charge in [0, 0.05) is 22.6 Å². The number of aryl methyl sites for hydroxylation is 2. The molecule has 0 bridgehead atoms. The Hall–Kier alpha value is -1.34. The molecule has 5 nitrogen and oxygen atoms in total. The molecule has 0 aliphatic heterocycles. The second-order valence-electron chi connectivity index (χ2n) is 7.50. The van der Waals surface area contributed by atoms with E-state index in [-0.39, 0.29) is 17.0 Å². The molecule has 7 heteroatoms. The highest BCUT2D eigenvalue weighted by Gasteiger charge is 2.19. The van der Waals surface area contributed by atoms with Crippen LogP contribution in [0.5, 0.6) is 0 Å². The van der Waals surface area contributed by atoms with Crippen molar-refractivity contribution in [2.45, 2.75) is 64.2 Å². The monoisotopic (exact) mass is 379 g/mol. The number of amides is 1. The number of rotatable bonds is 5. The van der Waals surface area contributed by atoms with Crippen molar-refractivity contribution in [3.63, 3.8) is 0 Å². The van der Waals surface area contributed by atoms with Crippen LogP contribution in [-0.2, 0) is 23.4 Å². The number of thioether (sulfide) groups is 1. The van der Waals surface area contributed by atoms with Crippen LogP contribution in [0.15, 0.2) is 4.79 Å². The lowest BCUT2D eigenvalue weighted by atomic mass is 9.97. The highest BCUT2D eigenvalue weighted by atomic mass is 32.2. The van der Waals surface area contributed by atoms with Gasteiger partial charge in [-0.05, 0) is 52.0 Å². The molecular weight excluding hydrogens is 354 g/mol. The van der Waals surface area contributed by atoms with E-state index in [9.17, 15) is 9.59 Å². The highest BCUT2D eigenvalue weighted by molar-refractivity contribution is 7.98. The molecule has 0 radical (unpaired) electrons. The van der Waals surface area contributed by atoms with Gasteiger partial charge in [0.1, 0.15) is 10.7 Å². The van der Waals surface area contributed by atoms with Gasteiger partial charge in [-0.15, -0.1) is 11.3 Å². The zero-order valence-corrected chi connectivity index (χ0v) is 16.7. The molecule has 136 valence electrons. The van der Waals surface area contributed by atoms with Crippen molar-refractivity contribution in [3.05, 3.63) is 26.6 Å². The number of nitrogens with zero attached hydrogens (tertiary/aromatic N) is 1. The normalized spacial score (nSPS) is 14.5. The Morgan fingerprint density at radius 1 is 1.32 bits per heavy atom. The molecule has 3 rings (SSSR count). The second-order valence-corrected chi connectivity index (χ2v) is 9.69. The predicted molar refractivity (Wildman–Crippen MR) is 106 cm³/mol. The summed E-state index contributed by atoms with van der Waals surface area (Å²) in [6.45, 7) is 5.92. The minimum absolute atomic E-state index is 0.00882. The summed E-state index contributed by atoms with van der Waals surface area (Å²) in [5.74, 6) is 2.10. The number of aromatic amines is 1. The lowest BCUT2D eigenvalue weighted by Gasteiger charge is -2.20. The molecule has 1 aliphatic rings. The highest BCUT2D eigenvalue weighted by Crippen LogP contribution is 2.33. The van der Waals surface area contributed by atoms with Crippen molar-refractivity contribution in [2.24, 2.45) is 0 Å². The van der Waals surface area contributed by atoms with E-state index in [1.165, 1.54) is 16.9 Å². The fourth-order valence-electron chi connectivity index (χ4n) is 3.09. The van der Waals surface area contributed by atoms with E-state index in [1.807, 2.05) is 20.8 Å². The van der Waals surface area contributed by atoms with E-state index in [0.717, 1.165) is 29.5 Å². The SMILES string of the molecule is CC(C)(C)NC(=O)CCSCc1nc2sc3c(c2c(=O)[nH]1)CCCC3. The first-order chi connectivity index (χ1) is 11.8. The van der Waals surface area contributed by atoms with Crippen molar-refractivity contribution >= 4 is 39.2 Å². The third-order valence-corrected chi connectivity index (χ3v) is 6.26. The van der Waals surface area contributed by atoms with Crippen molar-refractivity contribution in [3.8, 4) is 0 Å². The number of hydrogen-bond acceptors (Lipinski definition) is 5. The Labute approximate surface area is 156 Å². The van der Waals surface area contributed by atoms with Gasteiger partial charge in [0.05, 0.1) is 11.1 Å². The number of H-pyrrole nitrogens is 1. The fraction of sp³-hybridized carbons (Fsp3) is 0.611. The summed E-state index contributed by atoms with van der Waals surface area (Å²) in [4.78, 5) is 34.1. The molecule has 0 fully saturated rings. The maximum absolute atomic E-state index is 12.5. The molecule has 1 aliphatic carbocycles. The molecule has 2 aromatic heterocycles. The first-order valence-corrected chi connectivity index (χ1v) is 10.7. The van der Waals surface area contributed by atoms with Crippen LogP contribution in [0.25, 0.3) is 10.2 Å².